The molecule has 0 saturated carbocycles. The van der Waals surface area contributed by atoms with E-state index < -0.39 is 5.41 Å². The first-order valence-electron chi connectivity index (χ1n) is 8.91. The molecule has 2 fully saturated rings. The van der Waals surface area contributed by atoms with Gasteiger partial charge in [0.25, 0.3) is 0 Å². The van der Waals surface area contributed by atoms with Crippen LogP contribution in [-0.2, 0) is 16.1 Å². The summed E-state index contributed by atoms with van der Waals surface area (Å²) in [7, 11) is 0. The van der Waals surface area contributed by atoms with Gasteiger partial charge in [0.15, 0.2) is 0 Å². The third-order valence-corrected chi connectivity index (χ3v) is 5.30. The summed E-state index contributed by atoms with van der Waals surface area (Å²) in [6.07, 6.45) is 1.31. The number of piperazine rings is 1. The fourth-order valence-corrected chi connectivity index (χ4v) is 3.88. The first-order chi connectivity index (χ1) is 11.9. The van der Waals surface area contributed by atoms with E-state index in [-0.39, 0.29) is 17.9 Å². The maximum atomic E-state index is 13.0. The Labute approximate surface area is 149 Å². The predicted octanol–water partition coefficient (Wildman–Crippen LogP) is 1.75. The molecule has 1 aromatic carbocycles. The lowest BCUT2D eigenvalue weighted by atomic mass is 9.79. The monoisotopic (exact) mass is 341 g/mol. The van der Waals surface area contributed by atoms with E-state index >= 15 is 0 Å². The molecule has 3 rings (SSSR count). The Bertz CT molecular complexity index is 652. The maximum absolute atomic E-state index is 13.0. The first kappa shape index (κ1) is 17.7. The van der Waals surface area contributed by atoms with Gasteiger partial charge in [-0.25, -0.2) is 0 Å². The van der Waals surface area contributed by atoms with E-state index in [0.29, 0.717) is 13.1 Å². The molecular weight excluding hydrogens is 314 g/mol. The summed E-state index contributed by atoms with van der Waals surface area (Å²) >= 11 is 0. The Hall–Kier alpha value is -2.14. The molecule has 2 saturated heterocycles. The van der Waals surface area contributed by atoms with Crippen molar-refractivity contribution in [2.75, 3.05) is 32.7 Å². The van der Waals surface area contributed by atoms with Crippen LogP contribution in [-0.4, -0.2) is 65.3 Å². The Morgan fingerprint density at radius 2 is 1.92 bits per heavy atom. The lowest BCUT2D eigenvalue weighted by Gasteiger charge is -2.50. The summed E-state index contributed by atoms with van der Waals surface area (Å²) in [6, 6.07) is 10.6. The molecule has 2 heterocycles. The van der Waals surface area contributed by atoms with E-state index in [1.165, 1.54) is 11.6 Å². The van der Waals surface area contributed by atoms with Crippen LogP contribution in [0.4, 0.5) is 0 Å². The second kappa shape index (κ2) is 7.00. The van der Waals surface area contributed by atoms with Crippen LogP contribution in [0.3, 0.4) is 0 Å². The number of hydrogen-bond acceptors (Lipinski definition) is 3. The molecule has 5 nitrogen and oxygen atoms in total. The smallest absolute Gasteiger partial charge is 0.246 e. The van der Waals surface area contributed by atoms with Crippen molar-refractivity contribution in [1.82, 2.24) is 14.7 Å². The number of carbonyl (C=O) groups excluding carboxylic acids is 2. The van der Waals surface area contributed by atoms with E-state index in [1.54, 1.807) is 4.90 Å². The van der Waals surface area contributed by atoms with Gasteiger partial charge in [-0.3, -0.25) is 14.5 Å². The van der Waals surface area contributed by atoms with Crippen LogP contribution in [0.1, 0.15) is 19.4 Å². The van der Waals surface area contributed by atoms with E-state index in [0.717, 1.165) is 26.2 Å². The molecule has 0 aromatic heterocycles. The molecule has 134 valence electrons. The summed E-state index contributed by atoms with van der Waals surface area (Å²) in [5.74, 6) is 0.0819. The van der Waals surface area contributed by atoms with E-state index in [9.17, 15) is 9.59 Å². The molecule has 2 aliphatic rings. The van der Waals surface area contributed by atoms with Crippen molar-refractivity contribution < 1.29 is 9.59 Å². The van der Waals surface area contributed by atoms with Crippen molar-refractivity contribution in [1.29, 1.82) is 0 Å². The average molecular weight is 341 g/mol. The van der Waals surface area contributed by atoms with E-state index in [2.05, 4.69) is 42.7 Å². The van der Waals surface area contributed by atoms with Gasteiger partial charge < -0.3 is 9.80 Å². The zero-order valence-electron chi connectivity index (χ0n) is 15.1. The van der Waals surface area contributed by atoms with Crippen LogP contribution < -0.4 is 0 Å². The SMILES string of the molecule is C=CC(=O)N1CC(C)(C(=O)N2CCN(Cc3ccccc3)C[C@@H]2C)C1. The second-order valence-electron chi connectivity index (χ2n) is 7.53. The Morgan fingerprint density at radius 3 is 2.52 bits per heavy atom. The molecule has 0 N–H and O–H groups in total. The summed E-state index contributed by atoms with van der Waals surface area (Å²) in [5, 5.41) is 0. The maximum Gasteiger partial charge on any atom is 0.246 e. The Balaban J connectivity index is 1.55. The molecule has 5 heteroatoms. The number of nitrogens with zero attached hydrogens (tertiary/aromatic N) is 3. The van der Waals surface area contributed by atoms with Crippen LogP contribution >= 0.6 is 0 Å². The van der Waals surface area contributed by atoms with Crippen LogP contribution in [0.2, 0.25) is 0 Å². The highest BCUT2D eigenvalue weighted by molar-refractivity contribution is 5.91. The van der Waals surface area contributed by atoms with Gasteiger partial charge in [0, 0.05) is 45.3 Å². The first-order valence-corrected chi connectivity index (χ1v) is 8.91. The molecule has 0 unspecified atom stereocenters. The largest absolute Gasteiger partial charge is 0.337 e. The number of amides is 2. The highest BCUT2D eigenvalue weighted by atomic mass is 16.2. The van der Waals surface area contributed by atoms with Gasteiger partial charge in [-0.2, -0.15) is 0 Å². The molecule has 0 spiro atoms. The number of benzene rings is 1. The predicted molar refractivity (Wildman–Crippen MR) is 97.8 cm³/mol. The van der Waals surface area contributed by atoms with Gasteiger partial charge in [-0.05, 0) is 25.5 Å². The summed E-state index contributed by atoms with van der Waals surface area (Å²) in [5.41, 5.74) is 0.855. The highest BCUT2D eigenvalue weighted by Gasteiger charge is 2.49. The lowest BCUT2D eigenvalue weighted by Crippen LogP contribution is -2.66. The van der Waals surface area contributed by atoms with Crippen LogP contribution in [0.5, 0.6) is 0 Å². The van der Waals surface area contributed by atoms with Crippen LogP contribution in [0.15, 0.2) is 43.0 Å². The van der Waals surface area contributed by atoms with E-state index in [4.69, 9.17) is 0 Å². The standard InChI is InChI=1S/C20H27N3O2/c1-4-18(24)22-14-20(3,15-22)19(25)23-11-10-21(12-16(23)2)13-17-8-6-5-7-9-17/h4-9,16H,1,10-15H2,2-3H3/t16-/m0/s1. The summed E-state index contributed by atoms with van der Waals surface area (Å²) in [4.78, 5) is 30.7. The summed E-state index contributed by atoms with van der Waals surface area (Å²) in [6.45, 7) is 12.0. The highest BCUT2D eigenvalue weighted by Crippen LogP contribution is 2.33. The zero-order valence-corrected chi connectivity index (χ0v) is 15.1. The van der Waals surface area contributed by atoms with Gasteiger partial charge >= 0.3 is 0 Å². The third-order valence-electron chi connectivity index (χ3n) is 5.30. The van der Waals surface area contributed by atoms with Gasteiger partial charge in [0.1, 0.15) is 0 Å². The molecule has 0 aliphatic carbocycles. The fraction of sp³-hybridized carbons (Fsp3) is 0.500. The Morgan fingerprint density at radius 1 is 1.24 bits per heavy atom. The summed E-state index contributed by atoms with van der Waals surface area (Å²) < 4.78 is 0. The molecule has 25 heavy (non-hydrogen) atoms. The number of hydrogen-bond donors (Lipinski definition) is 0. The van der Waals surface area contributed by atoms with Crippen molar-refractivity contribution in [3.05, 3.63) is 48.6 Å². The topological polar surface area (TPSA) is 43.9 Å². The molecule has 2 aliphatic heterocycles. The van der Waals surface area contributed by atoms with Crippen molar-refractivity contribution in [3.63, 3.8) is 0 Å². The normalized spacial score (nSPS) is 23.0. The van der Waals surface area contributed by atoms with Gasteiger partial charge in [0.05, 0.1) is 5.41 Å². The second-order valence-corrected chi connectivity index (χ2v) is 7.53. The zero-order chi connectivity index (χ0) is 18.0. The minimum absolute atomic E-state index is 0.0917. The van der Waals surface area contributed by atoms with Crippen molar-refractivity contribution in [3.8, 4) is 0 Å². The van der Waals surface area contributed by atoms with Crippen molar-refractivity contribution in [2.45, 2.75) is 26.4 Å². The quantitative estimate of drug-likeness (QED) is 0.784. The molecular formula is C20H27N3O2. The molecule has 1 atom stereocenters. The number of likely N-dealkylation sites (tertiary alicyclic amines) is 1. The Kier molecular flexibility index (Phi) is 4.95. The fourth-order valence-electron chi connectivity index (χ4n) is 3.88. The number of rotatable bonds is 4. The lowest BCUT2D eigenvalue weighted by molar-refractivity contribution is -0.160. The average Bonchev–Trinajstić information content (AvgIpc) is 2.59. The number of carbonyl (C=O) groups is 2. The van der Waals surface area contributed by atoms with Crippen LogP contribution in [0.25, 0.3) is 0 Å². The van der Waals surface area contributed by atoms with Gasteiger partial charge in [-0.1, -0.05) is 36.9 Å². The minimum atomic E-state index is -0.450. The molecule has 0 radical (unpaired) electrons. The molecule has 1 aromatic rings. The van der Waals surface area contributed by atoms with E-state index in [1.807, 2.05) is 17.9 Å². The molecule has 0 bridgehead atoms. The molecule has 2 amide bonds. The minimum Gasteiger partial charge on any atom is -0.337 e. The van der Waals surface area contributed by atoms with Gasteiger partial charge in [0.2, 0.25) is 11.8 Å². The van der Waals surface area contributed by atoms with Crippen molar-refractivity contribution in [2.24, 2.45) is 5.41 Å². The van der Waals surface area contributed by atoms with Crippen molar-refractivity contribution >= 4 is 11.8 Å². The van der Waals surface area contributed by atoms with Crippen LogP contribution in [0, 0.1) is 5.41 Å². The van der Waals surface area contributed by atoms with Gasteiger partial charge in [-0.15, -0.1) is 0 Å². The third kappa shape index (κ3) is 3.61.